The van der Waals surface area contributed by atoms with Gasteiger partial charge in [0, 0.05) is 37.8 Å². The molecule has 1 atom stereocenters. The lowest BCUT2D eigenvalue weighted by Gasteiger charge is -2.28. The molecule has 1 aromatic rings. The number of carbonyl (C=O) groups is 1. The summed E-state index contributed by atoms with van der Waals surface area (Å²) < 4.78 is 27.2. The Labute approximate surface area is 176 Å². The first-order valence-electron chi connectivity index (χ1n) is 10.1. The van der Waals surface area contributed by atoms with Crippen LogP contribution >= 0.6 is 12.4 Å². The Kier molecular flexibility index (Phi) is 10.4. The number of amides is 1. The molecule has 0 bridgehead atoms. The highest BCUT2D eigenvalue weighted by Crippen LogP contribution is 2.19. The van der Waals surface area contributed by atoms with E-state index in [1.807, 2.05) is 18.7 Å². The quantitative estimate of drug-likeness (QED) is 0.617. The first-order valence-corrected chi connectivity index (χ1v) is 11.5. The Morgan fingerprint density at radius 1 is 1.04 bits per heavy atom. The summed E-state index contributed by atoms with van der Waals surface area (Å²) in [5, 5.41) is 3.30. The summed E-state index contributed by atoms with van der Waals surface area (Å²) in [4.78, 5) is 15.1. The molecule has 1 N–H and O–H groups in total. The van der Waals surface area contributed by atoms with Crippen molar-refractivity contribution in [3.05, 3.63) is 29.8 Å². The van der Waals surface area contributed by atoms with Gasteiger partial charge in [-0.1, -0.05) is 20.8 Å². The number of hydrogen-bond donors (Lipinski definition) is 1. The van der Waals surface area contributed by atoms with Gasteiger partial charge in [-0.25, -0.2) is 8.42 Å². The molecule has 1 aliphatic rings. The third kappa shape index (κ3) is 5.92. The fourth-order valence-corrected chi connectivity index (χ4v) is 5.16. The van der Waals surface area contributed by atoms with Crippen molar-refractivity contribution < 1.29 is 13.2 Å². The highest BCUT2D eigenvalue weighted by Gasteiger charge is 2.27. The second kappa shape index (κ2) is 11.8. The van der Waals surface area contributed by atoms with Crippen LogP contribution in [0.2, 0.25) is 0 Å². The fourth-order valence-electron chi connectivity index (χ4n) is 3.53. The third-order valence-electron chi connectivity index (χ3n) is 4.89. The first kappa shape index (κ1) is 24.9. The lowest BCUT2D eigenvalue weighted by molar-refractivity contribution is 0.0692. The van der Waals surface area contributed by atoms with E-state index in [0.29, 0.717) is 25.2 Å². The summed E-state index contributed by atoms with van der Waals surface area (Å²) in [6.45, 7) is 9.49. The molecule has 1 amide bonds. The number of hydrogen-bond acceptors (Lipinski definition) is 4. The van der Waals surface area contributed by atoms with Crippen LogP contribution in [0.25, 0.3) is 0 Å². The maximum Gasteiger partial charge on any atom is 0.254 e. The van der Waals surface area contributed by atoms with Crippen molar-refractivity contribution >= 4 is 28.3 Å². The molecule has 28 heavy (non-hydrogen) atoms. The summed E-state index contributed by atoms with van der Waals surface area (Å²) in [5.74, 6) is -0.0199. The van der Waals surface area contributed by atoms with Crippen LogP contribution in [0.1, 0.15) is 56.8 Å². The molecule has 160 valence electrons. The molecule has 6 nitrogen and oxygen atoms in total. The smallest absolute Gasteiger partial charge is 0.254 e. The Morgan fingerprint density at radius 2 is 1.61 bits per heavy atom. The predicted molar refractivity (Wildman–Crippen MR) is 116 cm³/mol. The van der Waals surface area contributed by atoms with E-state index >= 15 is 0 Å². The molecular weight excluding hydrogens is 398 g/mol. The standard InChI is InChI=1S/C20H33N3O3S.ClH/c1-4-13-22(14-5-2)27(25,26)19-9-7-17(8-10-19)20(24)23(15-6-3)18-11-12-21-16-18;/h7-10,18,21H,4-6,11-16H2,1-3H3;1H. The van der Waals surface area contributed by atoms with Crippen LogP contribution in [0.4, 0.5) is 0 Å². The zero-order valence-corrected chi connectivity index (χ0v) is 18.8. The van der Waals surface area contributed by atoms with Crippen molar-refractivity contribution in [2.45, 2.75) is 57.4 Å². The first-order chi connectivity index (χ1) is 13.0. The normalized spacial score (nSPS) is 16.8. The number of rotatable bonds is 10. The molecule has 0 radical (unpaired) electrons. The molecule has 1 aromatic carbocycles. The number of nitrogens with one attached hydrogen (secondary N) is 1. The average molecular weight is 432 g/mol. The number of nitrogens with zero attached hydrogens (tertiary/aromatic N) is 2. The third-order valence-corrected chi connectivity index (χ3v) is 6.80. The largest absolute Gasteiger partial charge is 0.334 e. The summed E-state index contributed by atoms with van der Waals surface area (Å²) in [7, 11) is -3.52. The fraction of sp³-hybridized carbons (Fsp3) is 0.650. The number of benzene rings is 1. The lowest BCUT2D eigenvalue weighted by Crippen LogP contribution is -2.42. The molecule has 1 fully saturated rings. The van der Waals surface area contributed by atoms with Gasteiger partial charge in [0.15, 0.2) is 0 Å². The van der Waals surface area contributed by atoms with Crippen LogP contribution in [-0.4, -0.2) is 62.3 Å². The number of carbonyl (C=O) groups excluding carboxylic acids is 1. The van der Waals surface area contributed by atoms with E-state index < -0.39 is 10.0 Å². The summed E-state index contributed by atoms with van der Waals surface area (Å²) in [6.07, 6.45) is 3.41. The van der Waals surface area contributed by atoms with E-state index in [2.05, 4.69) is 12.2 Å². The number of halogens is 1. The average Bonchev–Trinajstić information content (AvgIpc) is 3.20. The lowest BCUT2D eigenvalue weighted by atomic mass is 10.1. The topological polar surface area (TPSA) is 69.7 Å². The van der Waals surface area contributed by atoms with Crippen LogP contribution in [0, 0.1) is 0 Å². The van der Waals surface area contributed by atoms with Crippen molar-refractivity contribution in [2.24, 2.45) is 0 Å². The van der Waals surface area contributed by atoms with Gasteiger partial charge in [0.2, 0.25) is 10.0 Å². The van der Waals surface area contributed by atoms with E-state index in [-0.39, 0.29) is 29.3 Å². The monoisotopic (exact) mass is 431 g/mol. The van der Waals surface area contributed by atoms with Crippen molar-refractivity contribution in [2.75, 3.05) is 32.7 Å². The van der Waals surface area contributed by atoms with Crippen LogP contribution in [0.5, 0.6) is 0 Å². The highest BCUT2D eigenvalue weighted by molar-refractivity contribution is 7.89. The SMILES string of the molecule is CCCN(C(=O)c1ccc(S(=O)(=O)N(CCC)CCC)cc1)C1CCNC1.Cl. The van der Waals surface area contributed by atoms with Gasteiger partial charge in [-0.3, -0.25) is 4.79 Å². The van der Waals surface area contributed by atoms with Crippen molar-refractivity contribution in [1.82, 2.24) is 14.5 Å². The molecule has 8 heteroatoms. The molecule has 2 rings (SSSR count). The van der Waals surface area contributed by atoms with Crippen LogP contribution < -0.4 is 5.32 Å². The zero-order valence-electron chi connectivity index (χ0n) is 17.2. The van der Waals surface area contributed by atoms with Crippen LogP contribution in [0.15, 0.2) is 29.2 Å². The second-order valence-corrected chi connectivity index (χ2v) is 9.01. The van der Waals surface area contributed by atoms with Gasteiger partial charge in [0.1, 0.15) is 0 Å². The summed E-state index contributed by atoms with van der Waals surface area (Å²) >= 11 is 0. The van der Waals surface area contributed by atoms with E-state index in [1.54, 1.807) is 24.3 Å². The molecule has 1 unspecified atom stereocenters. The van der Waals surface area contributed by atoms with Gasteiger partial charge in [-0.15, -0.1) is 12.4 Å². The minimum atomic E-state index is -3.52. The Balaban J connectivity index is 0.00000392. The van der Waals surface area contributed by atoms with Gasteiger partial charge in [-0.2, -0.15) is 4.31 Å². The molecule has 1 aliphatic heterocycles. The van der Waals surface area contributed by atoms with E-state index in [1.165, 1.54) is 4.31 Å². The molecule has 0 spiro atoms. The Morgan fingerprint density at radius 3 is 2.07 bits per heavy atom. The van der Waals surface area contributed by atoms with Gasteiger partial charge in [-0.05, 0) is 56.5 Å². The zero-order chi connectivity index (χ0) is 19.9. The minimum absolute atomic E-state index is 0. The molecule has 0 aliphatic carbocycles. The Hall–Kier alpha value is -1.15. The van der Waals surface area contributed by atoms with Crippen LogP contribution in [-0.2, 0) is 10.0 Å². The molecular formula is C20H34ClN3O3S. The van der Waals surface area contributed by atoms with E-state index in [4.69, 9.17) is 0 Å². The maximum atomic E-state index is 13.0. The highest BCUT2D eigenvalue weighted by atomic mass is 35.5. The van der Waals surface area contributed by atoms with Gasteiger partial charge in [0.25, 0.3) is 5.91 Å². The molecule has 0 aromatic heterocycles. The van der Waals surface area contributed by atoms with E-state index in [9.17, 15) is 13.2 Å². The van der Waals surface area contributed by atoms with Crippen molar-refractivity contribution in [3.8, 4) is 0 Å². The van der Waals surface area contributed by atoms with E-state index in [0.717, 1.165) is 38.8 Å². The maximum absolute atomic E-state index is 13.0. The number of sulfonamides is 1. The summed E-state index contributed by atoms with van der Waals surface area (Å²) in [5.41, 5.74) is 0.548. The van der Waals surface area contributed by atoms with Gasteiger partial charge < -0.3 is 10.2 Å². The van der Waals surface area contributed by atoms with Gasteiger partial charge >= 0.3 is 0 Å². The van der Waals surface area contributed by atoms with Crippen molar-refractivity contribution in [1.29, 1.82) is 0 Å². The predicted octanol–water partition coefficient (Wildman–Crippen LogP) is 3.13. The Bertz CT molecular complexity index is 698. The van der Waals surface area contributed by atoms with Crippen LogP contribution in [0.3, 0.4) is 0 Å². The molecule has 1 heterocycles. The second-order valence-electron chi connectivity index (χ2n) is 7.07. The summed E-state index contributed by atoms with van der Waals surface area (Å²) in [6, 6.07) is 6.65. The molecule has 0 saturated carbocycles. The molecule has 1 saturated heterocycles. The minimum Gasteiger partial charge on any atom is -0.334 e. The van der Waals surface area contributed by atoms with Gasteiger partial charge in [0.05, 0.1) is 4.90 Å². The van der Waals surface area contributed by atoms with Crippen molar-refractivity contribution in [3.63, 3.8) is 0 Å².